The van der Waals surface area contributed by atoms with Gasteiger partial charge >= 0.3 is 5.97 Å². The van der Waals surface area contributed by atoms with E-state index in [-0.39, 0.29) is 12.0 Å². The Morgan fingerprint density at radius 3 is 2.89 bits per heavy atom. The average Bonchev–Trinajstić information content (AvgIpc) is 2.71. The Balaban J connectivity index is 2.08. The van der Waals surface area contributed by atoms with Gasteiger partial charge in [-0.1, -0.05) is 31.2 Å². The number of carbonyl (C=O) groups is 1. The molecular weight excluding hydrogens is 242 g/mol. The van der Waals surface area contributed by atoms with Crippen LogP contribution in [0.4, 0.5) is 0 Å². The van der Waals surface area contributed by atoms with Crippen LogP contribution in [0, 0.1) is 5.92 Å². The van der Waals surface area contributed by atoms with Crippen molar-refractivity contribution in [3.63, 3.8) is 0 Å². The van der Waals surface area contributed by atoms with Crippen LogP contribution in [-0.4, -0.2) is 35.7 Å². The van der Waals surface area contributed by atoms with Crippen molar-refractivity contribution in [3.8, 4) is 0 Å². The van der Waals surface area contributed by atoms with E-state index in [0.29, 0.717) is 13.2 Å². The molecule has 0 spiro atoms. The first-order valence-corrected chi connectivity index (χ1v) is 6.65. The van der Waals surface area contributed by atoms with Crippen molar-refractivity contribution >= 4 is 5.97 Å². The largest absolute Gasteiger partial charge is 0.480 e. The molecule has 1 aliphatic heterocycles. The third-order valence-corrected chi connectivity index (χ3v) is 3.75. The maximum atomic E-state index is 11.3. The normalized spacial score (nSPS) is 23.7. The van der Waals surface area contributed by atoms with Crippen molar-refractivity contribution in [1.29, 1.82) is 0 Å². The lowest BCUT2D eigenvalue weighted by Gasteiger charge is -2.23. The van der Waals surface area contributed by atoms with Crippen molar-refractivity contribution in [3.05, 3.63) is 35.4 Å². The number of nitrogens with zero attached hydrogens (tertiary/aromatic N) is 1. The van der Waals surface area contributed by atoms with E-state index < -0.39 is 5.97 Å². The quantitative estimate of drug-likeness (QED) is 0.884. The molecule has 0 radical (unpaired) electrons. The van der Waals surface area contributed by atoms with Crippen LogP contribution in [0.5, 0.6) is 0 Å². The highest BCUT2D eigenvalue weighted by Crippen LogP contribution is 2.26. The molecule has 1 fully saturated rings. The molecular formula is C15H21NO3. The Hall–Kier alpha value is -1.39. The number of methoxy groups -OCH3 is 1. The summed E-state index contributed by atoms with van der Waals surface area (Å²) in [5, 5.41) is 9.31. The zero-order valence-corrected chi connectivity index (χ0v) is 11.5. The summed E-state index contributed by atoms with van der Waals surface area (Å²) in [6.07, 6.45) is 0.953. The number of rotatable bonds is 5. The van der Waals surface area contributed by atoms with Gasteiger partial charge < -0.3 is 9.84 Å². The standard InChI is InChI=1S/C15H21NO3/c1-11-6-7-16(14(11)15(17)18)9-12-4-3-5-13(8-12)10-19-2/h3-5,8,11,14H,6-7,9-10H2,1-2H3,(H,17,18). The maximum Gasteiger partial charge on any atom is 0.321 e. The number of hydrogen-bond donors (Lipinski definition) is 1. The van der Waals surface area contributed by atoms with Gasteiger partial charge in [0.25, 0.3) is 0 Å². The lowest BCUT2D eigenvalue weighted by atomic mass is 10.0. The summed E-state index contributed by atoms with van der Waals surface area (Å²) in [5.41, 5.74) is 2.27. The van der Waals surface area contributed by atoms with Gasteiger partial charge in [0.2, 0.25) is 0 Å². The molecule has 1 heterocycles. The zero-order chi connectivity index (χ0) is 13.8. The topological polar surface area (TPSA) is 49.8 Å². The predicted octanol–water partition coefficient (Wildman–Crippen LogP) is 2.13. The van der Waals surface area contributed by atoms with E-state index in [9.17, 15) is 9.90 Å². The molecule has 19 heavy (non-hydrogen) atoms. The smallest absolute Gasteiger partial charge is 0.321 e. The Bertz CT molecular complexity index is 447. The lowest BCUT2D eigenvalue weighted by Crippen LogP contribution is -2.38. The molecule has 1 N–H and O–H groups in total. The summed E-state index contributed by atoms with van der Waals surface area (Å²) < 4.78 is 5.12. The third kappa shape index (κ3) is 3.33. The second-order valence-electron chi connectivity index (χ2n) is 5.27. The molecule has 104 valence electrons. The molecule has 0 aliphatic carbocycles. The van der Waals surface area contributed by atoms with Crippen LogP contribution in [0.15, 0.2) is 24.3 Å². The van der Waals surface area contributed by atoms with Crippen molar-refractivity contribution in [2.45, 2.75) is 32.5 Å². The Kier molecular flexibility index (Phi) is 4.56. The van der Waals surface area contributed by atoms with E-state index in [1.165, 1.54) is 0 Å². The fourth-order valence-electron chi connectivity index (χ4n) is 2.82. The van der Waals surface area contributed by atoms with Gasteiger partial charge in [0.1, 0.15) is 6.04 Å². The van der Waals surface area contributed by atoms with Crippen LogP contribution in [0.25, 0.3) is 0 Å². The molecule has 4 heteroatoms. The van der Waals surface area contributed by atoms with Crippen molar-refractivity contribution in [2.75, 3.05) is 13.7 Å². The number of hydrogen-bond acceptors (Lipinski definition) is 3. The molecule has 0 bridgehead atoms. The zero-order valence-electron chi connectivity index (χ0n) is 11.5. The minimum Gasteiger partial charge on any atom is -0.480 e. The first-order valence-electron chi connectivity index (χ1n) is 6.65. The minimum atomic E-state index is -0.710. The molecule has 1 aromatic carbocycles. The fraction of sp³-hybridized carbons (Fsp3) is 0.533. The molecule has 1 saturated heterocycles. The Morgan fingerprint density at radius 2 is 2.21 bits per heavy atom. The molecule has 4 nitrogen and oxygen atoms in total. The molecule has 2 atom stereocenters. The average molecular weight is 263 g/mol. The summed E-state index contributed by atoms with van der Waals surface area (Å²) in [6.45, 7) is 4.15. The minimum absolute atomic E-state index is 0.222. The number of carboxylic acids is 1. The second kappa shape index (κ2) is 6.17. The monoisotopic (exact) mass is 263 g/mol. The highest BCUT2D eigenvalue weighted by molar-refractivity contribution is 5.74. The molecule has 1 aliphatic rings. The van der Waals surface area contributed by atoms with Crippen LogP contribution < -0.4 is 0 Å². The van der Waals surface area contributed by atoms with Crippen LogP contribution in [0.1, 0.15) is 24.5 Å². The van der Waals surface area contributed by atoms with E-state index in [1.807, 2.05) is 25.1 Å². The van der Waals surface area contributed by atoms with Gasteiger partial charge in [-0.3, -0.25) is 9.69 Å². The summed E-state index contributed by atoms with van der Waals surface area (Å²) in [5.74, 6) is -0.488. The van der Waals surface area contributed by atoms with E-state index in [2.05, 4.69) is 11.0 Å². The number of benzene rings is 1. The van der Waals surface area contributed by atoms with E-state index in [0.717, 1.165) is 24.1 Å². The molecule has 2 unspecified atom stereocenters. The van der Waals surface area contributed by atoms with E-state index in [1.54, 1.807) is 7.11 Å². The number of ether oxygens (including phenoxy) is 1. The highest BCUT2D eigenvalue weighted by Gasteiger charge is 2.36. The van der Waals surface area contributed by atoms with Gasteiger partial charge in [0.15, 0.2) is 0 Å². The van der Waals surface area contributed by atoms with Gasteiger partial charge in [-0.15, -0.1) is 0 Å². The third-order valence-electron chi connectivity index (χ3n) is 3.75. The first kappa shape index (κ1) is 14.0. The van der Waals surface area contributed by atoms with E-state index >= 15 is 0 Å². The number of aliphatic carboxylic acids is 1. The number of likely N-dealkylation sites (tertiary alicyclic amines) is 1. The Labute approximate surface area is 114 Å². The molecule has 1 aromatic rings. The van der Waals surface area contributed by atoms with Gasteiger partial charge in [-0.25, -0.2) is 0 Å². The fourth-order valence-corrected chi connectivity index (χ4v) is 2.82. The lowest BCUT2D eigenvalue weighted by molar-refractivity contribution is -0.143. The first-order chi connectivity index (χ1) is 9.11. The summed E-state index contributed by atoms with van der Waals surface area (Å²) in [7, 11) is 1.68. The molecule has 2 rings (SSSR count). The van der Waals surface area contributed by atoms with Gasteiger partial charge in [0, 0.05) is 13.7 Å². The second-order valence-corrected chi connectivity index (χ2v) is 5.27. The van der Waals surface area contributed by atoms with Crippen LogP contribution >= 0.6 is 0 Å². The maximum absolute atomic E-state index is 11.3. The molecule has 0 saturated carbocycles. The summed E-state index contributed by atoms with van der Waals surface area (Å²) in [6, 6.07) is 7.80. The highest BCUT2D eigenvalue weighted by atomic mass is 16.5. The summed E-state index contributed by atoms with van der Waals surface area (Å²) >= 11 is 0. The van der Waals surface area contributed by atoms with Gasteiger partial charge in [-0.2, -0.15) is 0 Å². The van der Waals surface area contributed by atoms with Gasteiger partial charge in [0.05, 0.1) is 6.61 Å². The van der Waals surface area contributed by atoms with Crippen LogP contribution in [-0.2, 0) is 22.7 Å². The Morgan fingerprint density at radius 1 is 1.47 bits per heavy atom. The molecule has 0 amide bonds. The predicted molar refractivity (Wildman–Crippen MR) is 72.8 cm³/mol. The SMILES string of the molecule is COCc1cccc(CN2CCC(C)C2C(=O)O)c1. The summed E-state index contributed by atoms with van der Waals surface area (Å²) in [4.78, 5) is 13.4. The van der Waals surface area contributed by atoms with E-state index in [4.69, 9.17) is 4.74 Å². The number of carboxylic acid groups (broad SMARTS) is 1. The van der Waals surface area contributed by atoms with Crippen molar-refractivity contribution in [2.24, 2.45) is 5.92 Å². The van der Waals surface area contributed by atoms with Crippen LogP contribution in [0.3, 0.4) is 0 Å². The van der Waals surface area contributed by atoms with Crippen molar-refractivity contribution < 1.29 is 14.6 Å². The van der Waals surface area contributed by atoms with Gasteiger partial charge in [-0.05, 0) is 30.0 Å². The van der Waals surface area contributed by atoms with Crippen molar-refractivity contribution in [1.82, 2.24) is 4.90 Å². The molecule has 0 aromatic heterocycles. The van der Waals surface area contributed by atoms with Crippen LogP contribution in [0.2, 0.25) is 0 Å².